The maximum absolute atomic E-state index is 15.0. The van der Waals surface area contributed by atoms with Crippen LogP contribution in [0.4, 0.5) is 13.2 Å². The van der Waals surface area contributed by atoms with E-state index in [1.54, 1.807) is 0 Å². The van der Waals surface area contributed by atoms with Gasteiger partial charge >= 0.3 is 0 Å². The minimum absolute atomic E-state index is 0.0241. The highest BCUT2D eigenvalue weighted by Gasteiger charge is 2.51. The Balaban J connectivity index is 2.04. The molecule has 0 fully saturated rings. The summed E-state index contributed by atoms with van der Waals surface area (Å²) in [6.07, 6.45) is 3.62. The summed E-state index contributed by atoms with van der Waals surface area (Å²) in [6, 6.07) is 4.45. The van der Waals surface area contributed by atoms with Crippen molar-refractivity contribution >= 4 is 11.9 Å². The molecule has 0 aliphatic carbocycles. The summed E-state index contributed by atoms with van der Waals surface area (Å²) in [6.45, 7) is -0.900. The molecule has 4 rings (SSSR count). The molecule has 2 N–H and O–H groups in total. The lowest BCUT2D eigenvalue weighted by Gasteiger charge is -2.27. The zero-order chi connectivity index (χ0) is 20.8. The van der Waals surface area contributed by atoms with E-state index < -0.39 is 29.8 Å². The van der Waals surface area contributed by atoms with Gasteiger partial charge in [0.05, 0.1) is 17.5 Å². The summed E-state index contributed by atoms with van der Waals surface area (Å²) < 4.78 is 47.7. The molecule has 29 heavy (non-hydrogen) atoms. The average Bonchev–Trinajstić information content (AvgIpc) is 3.32. The van der Waals surface area contributed by atoms with Gasteiger partial charge in [-0.15, -0.1) is 0 Å². The quantitative estimate of drug-likeness (QED) is 0.725. The second-order valence-corrected chi connectivity index (χ2v) is 6.39. The lowest BCUT2D eigenvalue weighted by Crippen LogP contribution is -2.41. The van der Waals surface area contributed by atoms with Crippen LogP contribution in [-0.2, 0) is 17.0 Å². The van der Waals surface area contributed by atoms with Gasteiger partial charge in [0.25, 0.3) is 5.91 Å². The second kappa shape index (κ2) is 6.73. The number of carbonyl (C=O) groups excluding carboxylic acids is 1. The third-order valence-electron chi connectivity index (χ3n) is 4.76. The van der Waals surface area contributed by atoms with Gasteiger partial charge in [0.2, 0.25) is 0 Å². The number of aromatic nitrogens is 2. The van der Waals surface area contributed by atoms with Crippen LogP contribution < -0.4 is 5.73 Å². The normalized spacial score (nSPS) is 19.0. The van der Waals surface area contributed by atoms with Crippen molar-refractivity contribution in [3.8, 4) is 11.3 Å². The zero-order valence-electron chi connectivity index (χ0n) is 15.1. The van der Waals surface area contributed by atoms with E-state index in [0.29, 0.717) is 6.07 Å². The number of hydrogen-bond acceptors (Lipinski definition) is 6. The molecule has 1 aromatic carbocycles. The van der Waals surface area contributed by atoms with Crippen molar-refractivity contribution in [1.29, 1.82) is 0 Å². The number of nitrogens with zero attached hydrogens (tertiary/aromatic N) is 4. The first-order valence-corrected chi connectivity index (χ1v) is 8.41. The van der Waals surface area contributed by atoms with E-state index in [4.69, 9.17) is 10.2 Å². The molecule has 0 saturated carbocycles. The highest BCUT2D eigenvalue weighted by atomic mass is 19.1. The van der Waals surface area contributed by atoms with Crippen molar-refractivity contribution in [3.05, 3.63) is 71.5 Å². The first-order valence-electron chi connectivity index (χ1n) is 8.41. The Morgan fingerprint density at radius 1 is 1.24 bits per heavy atom. The van der Waals surface area contributed by atoms with Crippen LogP contribution in [0.2, 0.25) is 0 Å². The van der Waals surface area contributed by atoms with Gasteiger partial charge in [-0.25, -0.2) is 23.1 Å². The summed E-state index contributed by atoms with van der Waals surface area (Å²) in [4.78, 5) is 26.0. The number of nitrogens with two attached hydrogens (primary N) is 1. The monoisotopic (exact) mass is 401 g/mol. The summed E-state index contributed by atoms with van der Waals surface area (Å²) in [5.41, 5.74) is 3.66. The molecule has 0 saturated heterocycles. The molecule has 7 nitrogen and oxygen atoms in total. The Labute approximate surface area is 162 Å². The minimum atomic E-state index is -1.97. The maximum atomic E-state index is 15.0. The maximum Gasteiger partial charge on any atom is 0.266 e. The van der Waals surface area contributed by atoms with Gasteiger partial charge < -0.3 is 10.2 Å². The number of amides is 1. The van der Waals surface area contributed by atoms with Crippen molar-refractivity contribution < 1.29 is 22.4 Å². The number of halogens is 3. The lowest BCUT2D eigenvalue weighted by molar-refractivity contribution is -0.129. The third-order valence-corrected chi connectivity index (χ3v) is 4.76. The predicted octanol–water partition coefficient (Wildman–Crippen LogP) is 2.51. The van der Waals surface area contributed by atoms with Crippen LogP contribution >= 0.6 is 0 Å². The van der Waals surface area contributed by atoms with E-state index in [0.717, 1.165) is 17.4 Å². The van der Waals surface area contributed by atoms with Crippen LogP contribution in [0.3, 0.4) is 0 Å². The lowest BCUT2D eigenvalue weighted by atomic mass is 9.81. The molecule has 1 atom stereocenters. The van der Waals surface area contributed by atoms with Crippen LogP contribution in [0.5, 0.6) is 0 Å². The summed E-state index contributed by atoms with van der Waals surface area (Å²) in [5.74, 6) is -2.75. The SMILES string of the molecule is CN1C(=O)C(c2ccnc(CF)c2)(c2cc(-c3cnco3)c(F)cc2F)N=C1N. The van der Waals surface area contributed by atoms with Crippen molar-refractivity contribution in [2.75, 3.05) is 7.05 Å². The average molecular weight is 401 g/mol. The van der Waals surface area contributed by atoms with Crippen molar-refractivity contribution in [3.63, 3.8) is 0 Å². The number of carbonyl (C=O) groups is 1. The molecule has 2 aromatic heterocycles. The van der Waals surface area contributed by atoms with Crippen LogP contribution in [0, 0.1) is 11.6 Å². The molecule has 1 aliphatic rings. The number of oxazole rings is 1. The number of rotatable bonds is 4. The standard InChI is InChI=1S/C19H14F3N5O2/c1-27-17(28)19(26-18(27)23,10-2-3-25-11(4-10)7-20)13-5-12(14(21)6-15(13)22)16-8-24-9-29-16/h2-6,8-9H,7H2,1H3,(H2,23,26). The highest BCUT2D eigenvalue weighted by molar-refractivity contribution is 6.09. The topological polar surface area (TPSA) is 97.6 Å². The van der Waals surface area contributed by atoms with Gasteiger partial charge in [-0.2, -0.15) is 0 Å². The van der Waals surface area contributed by atoms with Crippen molar-refractivity contribution in [2.24, 2.45) is 10.7 Å². The predicted molar refractivity (Wildman–Crippen MR) is 96.1 cm³/mol. The van der Waals surface area contributed by atoms with E-state index in [1.165, 1.54) is 31.6 Å². The molecule has 0 bridgehead atoms. The molecule has 148 valence electrons. The Bertz CT molecular complexity index is 1130. The number of alkyl halides is 1. The fourth-order valence-corrected chi connectivity index (χ4v) is 3.30. The number of hydrogen-bond donors (Lipinski definition) is 1. The van der Waals surface area contributed by atoms with Gasteiger partial charge in [0.1, 0.15) is 18.3 Å². The minimum Gasteiger partial charge on any atom is -0.443 e. The number of aliphatic imine (C=N–C) groups is 1. The molecule has 1 amide bonds. The summed E-state index contributed by atoms with van der Waals surface area (Å²) in [7, 11) is 1.37. The molecule has 1 unspecified atom stereocenters. The largest absolute Gasteiger partial charge is 0.443 e. The summed E-state index contributed by atoms with van der Waals surface area (Å²) in [5, 5.41) is 0. The van der Waals surface area contributed by atoms with Gasteiger partial charge in [-0.3, -0.25) is 14.7 Å². The second-order valence-electron chi connectivity index (χ2n) is 6.39. The van der Waals surface area contributed by atoms with E-state index >= 15 is 4.39 Å². The van der Waals surface area contributed by atoms with E-state index in [9.17, 15) is 13.6 Å². The van der Waals surface area contributed by atoms with Crippen molar-refractivity contribution in [1.82, 2.24) is 14.9 Å². The van der Waals surface area contributed by atoms with Gasteiger partial charge in [0, 0.05) is 24.9 Å². The fourth-order valence-electron chi connectivity index (χ4n) is 3.30. The molecule has 3 heterocycles. The molecule has 10 heteroatoms. The zero-order valence-corrected chi connectivity index (χ0v) is 15.1. The third kappa shape index (κ3) is 2.75. The summed E-state index contributed by atoms with van der Waals surface area (Å²) >= 11 is 0. The smallest absolute Gasteiger partial charge is 0.266 e. The van der Waals surface area contributed by atoms with E-state index in [1.807, 2.05) is 0 Å². The number of likely N-dealkylation sites (N-methyl/N-ethyl adjacent to an activating group) is 1. The van der Waals surface area contributed by atoms with Crippen LogP contribution in [0.15, 0.2) is 52.5 Å². The molecule has 0 spiro atoms. The number of guanidine groups is 1. The van der Waals surface area contributed by atoms with E-state index in [-0.39, 0.29) is 34.1 Å². The first-order chi connectivity index (χ1) is 13.9. The van der Waals surface area contributed by atoms with Crippen LogP contribution in [0.25, 0.3) is 11.3 Å². The Morgan fingerprint density at radius 2 is 2.03 bits per heavy atom. The Hall–Kier alpha value is -3.69. The molecule has 3 aromatic rings. The fraction of sp³-hybridized carbons (Fsp3) is 0.158. The van der Waals surface area contributed by atoms with Gasteiger partial charge in [-0.05, 0) is 23.8 Å². The van der Waals surface area contributed by atoms with Crippen LogP contribution in [0.1, 0.15) is 16.8 Å². The van der Waals surface area contributed by atoms with E-state index in [2.05, 4.69) is 15.0 Å². The Kier molecular flexibility index (Phi) is 4.33. The molecular formula is C19H14F3N5O2. The van der Waals surface area contributed by atoms with Gasteiger partial charge in [-0.1, -0.05) is 0 Å². The Morgan fingerprint density at radius 3 is 2.66 bits per heavy atom. The molecule has 1 aliphatic heterocycles. The van der Waals surface area contributed by atoms with Gasteiger partial charge in [0.15, 0.2) is 23.7 Å². The number of benzene rings is 1. The number of pyridine rings is 1. The first kappa shape index (κ1) is 18.7. The van der Waals surface area contributed by atoms with Crippen LogP contribution in [-0.4, -0.2) is 33.8 Å². The molecule has 0 radical (unpaired) electrons. The highest BCUT2D eigenvalue weighted by Crippen LogP contribution is 2.42. The van der Waals surface area contributed by atoms with Crippen molar-refractivity contribution in [2.45, 2.75) is 12.2 Å². The molecular weight excluding hydrogens is 387 g/mol.